The molecular weight excluding hydrogens is 201 g/mol. The first-order valence-electron chi connectivity index (χ1n) is 5.47. The van der Waals surface area contributed by atoms with Gasteiger partial charge in [0, 0.05) is 23.8 Å². The summed E-state index contributed by atoms with van der Waals surface area (Å²) in [7, 11) is 0. The van der Waals surface area contributed by atoms with Crippen LogP contribution in [-0.2, 0) is 0 Å². The van der Waals surface area contributed by atoms with Crippen molar-refractivity contribution in [2.45, 2.75) is 13.3 Å². The number of halogens is 1. The first-order valence-corrected chi connectivity index (χ1v) is 5.47. The van der Waals surface area contributed by atoms with Crippen LogP contribution in [0.2, 0.25) is 0 Å². The molecule has 1 heterocycles. The third-order valence-corrected chi connectivity index (χ3v) is 3.12. The second-order valence-electron chi connectivity index (χ2n) is 4.31. The van der Waals surface area contributed by atoms with E-state index in [0.29, 0.717) is 5.92 Å². The van der Waals surface area contributed by atoms with Gasteiger partial charge in [-0.1, -0.05) is 18.7 Å². The van der Waals surface area contributed by atoms with Crippen LogP contribution >= 0.6 is 0 Å². The Morgan fingerprint density at radius 2 is 2.00 bits per heavy atom. The van der Waals surface area contributed by atoms with Gasteiger partial charge in [0.2, 0.25) is 0 Å². The Labute approximate surface area is 95.9 Å². The van der Waals surface area contributed by atoms with Crippen molar-refractivity contribution in [1.82, 2.24) is 0 Å². The number of rotatable bonds is 2. The summed E-state index contributed by atoms with van der Waals surface area (Å²) in [6.45, 7) is 11.1. The van der Waals surface area contributed by atoms with Gasteiger partial charge in [0.1, 0.15) is 5.82 Å². The Bertz CT molecular complexity index is 419. The highest BCUT2D eigenvalue weighted by atomic mass is 19.1. The average Bonchev–Trinajstić information content (AvgIpc) is 2.61. The molecule has 0 amide bonds. The van der Waals surface area contributed by atoms with Gasteiger partial charge in [-0.3, -0.25) is 0 Å². The van der Waals surface area contributed by atoms with Gasteiger partial charge in [0.15, 0.2) is 0 Å². The third-order valence-electron chi connectivity index (χ3n) is 3.12. The molecule has 2 rings (SSSR count). The molecule has 0 saturated carbocycles. The average molecular weight is 217 g/mol. The molecule has 1 aliphatic rings. The standard InChI is InChI=1S/C14H16FN/c1-10(2)14-8-9-16(11(14)3)13-6-4-12(15)5-7-13/h4-7,14H,1,3,8-9H2,2H3. The number of benzene rings is 1. The second kappa shape index (κ2) is 4.12. The Morgan fingerprint density at radius 3 is 2.50 bits per heavy atom. The fraction of sp³-hybridized carbons (Fsp3) is 0.286. The molecule has 1 saturated heterocycles. The van der Waals surface area contributed by atoms with Gasteiger partial charge < -0.3 is 4.90 Å². The van der Waals surface area contributed by atoms with E-state index in [0.717, 1.165) is 29.9 Å². The zero-order chi connectivity index (χ0) is 11.7. The summed E-state index contributed by atoms with van der Waals surface area (Å²) in [4.78, 5) is 2.14. The zero-order valence-corrected chi connectivity index (χ0v) is 9.54. The normalized spacial score (nSPS) is 20.2. The van der Waals surface area contributed by atoms with E-state index < -0.39 is 0 Å². The lowest BCUT2D eigenvalue weighted by Gasteiger charge is -2.21. The first kappa shape index (κ1) is 10.9. The molecule has 1 aromatic rings. The van der Waals surface area contributed by atoms with Crippen molar-refractivity contribution < 1.29 is 4.39 Å². The molecule has 0 aromatic heterocycles. The summed E-state index contributed by atoms with van der Waals surface area (Å²) in [6, 6.07) is 6.55. The minimum Gasteiger partial charge on any atom is -0.345 e. The lowest BCUT2D eigenvalue weighted by Crippen LogP contribution is -2.16. The smallest absolute Gasteiger partial charge is 0.123 e. The number of allylic oxidation sites excluding steroid dienone is 1. The van der Waals surface area contributed by atoms with Gasteiger partial charge in [-0.25, -0.2) is 4.39 Å². The van der Waals surface area contributed by atoms with Crippen molar-refractivity contribution in [3.8, 4) is 0 Å². The summed E-state index contributed by atoms with van der Waals surface area (Å²) in [6.07, 6.45) is 1.05. The van der Waals surface area contributed by atoms with Gasteiger partial charge >= 0.3 is 0 Å². The maximum Gasteiger partial charge on any atom is 0.123 e. The van der Waals surface area contributed by atoms with E-state index in [1.165, 1.54) is 12.1 Å². The second-order valence-corrected chi connectivity index (χ2v) is 4.31. The monoisotopic (exact) mass is 217 g/mol. The molecule has 2 heteroatoms. The van der Waals surface area contributed by atoms with Gasteiger partial charge in [0.25, 0.3) is 0 Å². The fourth-order valence-corrected chi connectivity index (χ4v) is 2.20. The Hall–Kier alpha value is -1.57. The molecule has 16 heavy (non-hydrogen) atoms. The quantitative estimate of drug-likeness (QED) is 0.682. The number of anilines is 1. The fourth-order valence-electron chi connectivity index (χ4n) is 2.20. The molecule has 0 aliphatic carbocycles. The van der Waals surface area contributed by atoms with Crippen LogP contribution in [-0.4, -0.2) is 6.54 Å². The molecule has 0 N–H and O–H groups in total. The first-order chi connectivity index (χ1) is 7.59. The van der Waals surface area contributed by atoms with Crippen molar-refractivity contribution in [3.05, 3.63) is 54.5 Å². The molecule has 1 aromatic carbocycles. The predicted molar refractivity (Wildman–Crippen MR) is 65.8 cm³/mol. The topological polar surface area (TPSA) is 3.24 Å². The maximum atomic E-state index is 12.8. The van der Waals surface area contributed by atoms with Crippen molar-refractivity contribution in [1.29, 1.82) is 0 Å². The molecule has 0 bridgehead atoms. The van der Waals surface area contributed by atoms with Gasteiger partial charge in [-0.2, -0.15) is 0 Å². The third kappa shape index (κ3) is 1.87. The van der Waals surface area contributed by atoms with E-state index >= 15 is 0 Å². The van der Waals surface area contributed by atoms with Crippen LogP contribution < -0.4 is 4.90 Å². The van der Waals surface area contributed by atoms with Crippen LogP contribution in [0.25, 0.3) is 0 Å². The van der Waals surface area contributed by atoms with Crippen molar-refractivity contribution in [2.24, 2.45) is 5.92 Å². The molecule has 1 aliphatic heterocycles. The molecule has 1 unspecified atom stereocenters. The zero-order valence-electron chi connectivity index (χ0n) is 9.54. The molecule has 0 radical (unpaired) electrons. The van der Waals surface area contributed by atoms with E-state index in [-0.39, 0.29) is 5.82 Å². The van der Waals surface area contributed by atoms with Gasteiger partial charge in [0.05, 0.1) is 0 Å². The van der Waals surface area contributed by atoms with E-state index in [4.69, 9.17) is 0 Å². The van der Waals surface area contributed by atoms with E-state index in [1.54, 1.807) is 12.1 Å². The lowest BCUT2D eigenvalue weighted by molar-refractivity contribution is 0.628. The number of nitrogens with zero attached hydrogens (tertiary/aromatic N) is 1. The van der Waals surface area contributed by atoms with Crippen LogP contribution in [0.3, 0.4) is 0 Å². The summed E-state index contributed by atoms with van der Waals surface area (Å²) >= 11 is 0. The summed E-state index contributed by atoms with van der Waals surface area (Å²) < 4.78 is 12.8. The van der Waals surface area contributed by atoms with Crippen LogP contribution in [0.15, 0.2) is 48.7 Å². The summed E-state index contributed by atoms with van der Waals surface area (Å²) in [5.41, 5.74) is 3.23. The van der Waals surface area contributed by atoms with Crippen LogP contribution in [0, 0.1) is 11.7 Å². The highest BCUT2D eigenvalue weighted by Crippen LogP contribution is 2.35. The molecule has 1 fully saturated rings. The van der Waals surface area contributed by atoms with Crippen molar-refractivity contribution in [2.75, 3.05) is 11.4 Å². The molecular formula is C14H16FN. The van der Waals surface area contributed by atoms with Crippen molar-refractivity contribution in [3.63, 3.8) is 0 Å². The number of hydrogen-bond donors (Lipinski definition) is 0. The van der Waals surface area contributed by atoms with Crippen LogP contribution in [0.5, 0.6) is 0 Å². The Morgan fingerprint density at radius 1 is 1.38 bits per heavy atom. The molecule has 1 atom stereocenters. The molecule has 0 spiro atoms. The van der Waals surface area contributed by atoms with Gasteiger partial charge in [-0.15, -0.1) is 0 Å². The van der Waals surface area contributed by atoms with Crippen molar-refractivity contribution >= 4 is 5.69 Å². The van der Waals surface area contributed by atoms with Crippen LogP contribution in [0.4, 0.5) is 10.1 Å². The summed E-state index contributed by atoms with van der Waals surface area (Å²) in [5, 5.41) is 0. The molecule has 1 nitrogen and oxygen atoms in total. The predicted octanol–water partition coefficient (Wildman–Crippen LogP) is 3.74. The number of hydrogen-bond acceptors (Lipinski definition) is 1. The van der Waals surface area contributed by atoms with Crippen LogP contribution in [0.1, 0.15) is 13.3 Å². The van der Waals surface area contributed by atoms with E-state index in [2.05, 4.69) is 18.1 Å². The summed E-state index contributed by atoms with van der Waals surface area (Å²) in [5.74, 6) is 0.162. The SMILES string of the molecule is C=C(C)C1CCN(c2ccc(F)cc2)C1=C. The Balaban J connectivity index is 2.21. The molecule has 84 valence electrons. The minimum atomic E-state index is -0.204. The highest BCUT2D eigenvalue weighted by Gasteiger charge is 2.27. The largest absolute Gasteiger partial charge is 0.345 e. The van der Waals surface area contributed by atoms with E-state index in [9.17, 15) is 4.39 Å². The lowest BCUT2D eigenvalue weighted by atomic mass is 9.99. The van der Waals surface area contributed by atoms with E-state index in [1.807, 2.05) is 6.92 Å². The highest BCUT2D eigenvalue weighted by molar-refractivity contribution is 5.54. The minimum absolute atomic E-state index is 0.204. The van der Waals surface area contributed by atoms with Gasteiger partial charge in [-0.05, 0) is 37.6 Å². The Kier molecular flexibility index (Phi) is 2.82. The maximum absolute atomic E-state index is 12.8.